The molecule has 0 spiro atoms. The summed E-state index contributed by atoms with van der Waals surface area (Å²) in [6, 6.07) is 6.99. The van der Waals surface area contributed by atoms with Crippen LogP contribution in [0.1, 0.15) is 36.0 Å². The Morgan fingerprint density at radius 3 is 2.61 bits per heavy atom. The molecule has 5 nitrogen and oxygen atoms in total. The van der Waals surface area contributed by atoms with Crippen LogP contribution >= 0.6 is 11.6 Å². The molecule has 0 saturated heterocycles. The lowest BCUT2D eigenvalue weighted by atomic mass is 9.86. The Kier molecular flexibility index (Phi) is 4.48. The maximum absolute atomic E-state index is 12.5. The van der Waals surface area contributed by atoms with Gasteiger partial charge in [-0.25, -0.2) is 0 Å². The van der Waals surface area contributed by atoms with Crippen molar-refractivity contribution in [3.8, 4) is 0 Å². The molecule has 1 aliphatic carbocycles. The molecule has 3 rings (SSSR count). The molecule has 1 heterocycles. The number of amides is 1. The lowest BCUT2D eigenvalue weighted by Gasteiger charge is -2.26. The summed E-state index contributed by atoms with van der Waals surface area (Å²) in [5.74, 6) is -1.23. The van der Waals surface area contributed by atoms with Gasteiger partial charge in [0.15, 0.2) is 0 Å². The average Bonchev–Trinajstić information content (AvgIpc) is 2.56. The standard InChI is InChI=1S/C17H17ClN2O3/c18-14-8-7-13(15-12(14)2-1-9-19-15)16(21)20-11-5-3-10(4-6-11)17(22)23/h1-2,7-11H,3-6H2,(H,20,21)(H,22,23). The van der Waals surface area contributed by atoms with Crippen molar-refractivity contribution in [1.29, 1.82) is 0 Å². The second kappa shape index (κ2) is 6.54. The van der Waals surface area contributed by atoms with Gasteiger partial charge in [0.25, 0.3) is 5.91 Å². The molecule has 1 aromatic carbocycles. The van der Waals surface area contributed by atoms with Crippen molar-refractivity contribution in [2.24, 2.45) is 5.92 Å². The normalized spacial score (nSPS) is 21.1. The molecule has 0 unspecified atom stereocenters. The molecule has 1 aliphatic rings. The number of halogens is 1. The van der Waals surface area contributed by atoms with Gasteiger partial charge in [-0.15, -0.1) is 0 Å². The summed E-state index contributed by atoms with van der Waals surface area (Å²) in [6.07, 6.45) is 4.19. The van der Waals surface area contributed by atoms with E-state index in [0.717, 1.165) is 5.39 Å². The predicted molar refractivity (Wildman–Crippen MR) is 87.6 cm³/mol. The van der Waals surface area contributed by atoms with E-state index in [0.29, 0.717) is 41.8 Å². The zero-order chi connectivity index (χ0) is 16.4. The van der Waals surface area contributed by atoms with E-state index in [9.17, 15) is 9.59 Å². The summed E-state index contributed by atoms with van der Waals surface area (Å²) in [5, 5.41) is 13.3. The van der Waals surface area contributed by atoms with Crippen molar-refractivity contribution in [3.63, 3.8) is 0 Å². The van der Waals surface area contributed by atoms with Gasteiger partial charge < -0.3 is 10.4 Å². The summed E-state index contributed by atoms with van der Waals surface area (Å²) in [6.45, 7) is 0. The van der Waals surface area contributed by atoms with Crippen LogP contribution in [0.2, 0.25) is 5.02 Å². The summed E-state index contributed by atoms with van der Waals surface area (Å²) in [7, 11) is 0. The van der Waals surface area contributed by atoms with E-state index in [2.05, 4.69) is 10.3 Å². The Morgan fingerprint density at radius 1 is 1.17 bits per heavy atom. The van der Waals surface area contributed by atoms with E-state index in [1.165, 1.54) is 0 Å². The minimum Gasteiger partial charge on any atom is -0.481 e. The first-order valence-electron chi connectivity index (χ1n) is 7.63. The van der Waals surface area contributed by atoms with E-state index in [1.807, 2.05) is 6.07 Å². The van der Waals surface area contributed by atoms with Crippen LogP contribution in [0.25, 0.3) is 10.9 Å². The molecule has 1 fully saturated rings. The van der Waals surface area contributed by atoms with Gasteiger partial charge in [0.1, 0.15) is 0 Å². The van der Waals surface area contributed by atoms with Gasteiger partial charge >= 0.3 is 5.97 Å². The first kappa shape index (κ1) is 15.7. The number of fused-ring (bicyclic) bond motifs is 1. The highest BCUT2D eigenvalue weighted by Gasteiger charge is 2.27. The summed E-state index contributed by atoms with van der Waals surface area (Å²) in [5.41, 5.74) is 1.07. The number of benzene rings is 1. The van der Waals surface area contributed by atoms with Crippen LogP contribution in [0.4, 0.5) is 0 Å². The number of pyridine rings is 1. The molecule has 120 valence electrons. The fourth-order valence-electron chi connectivity index (χ4n) is 3.07. The third kappa shape index (κ3) is 3.29. The topological polar surface area (TPSA) is 79.3 Å². The maximum Gasteiger partial charge on any atom is 0.306 e. The average molecular weight is 333 g/mol. The van der Waals surface area contributed by atoms with Crippen LogP contribution in [0.15, 0.2) is 30.5 Å². The van der Waals surface area contributed by atoms with Crippen molar-refractivity contribution in [3.05, 3.63) is 41.0 Å². The quantitative estimate of drug-likeness (QED) is 0.904. The third-order valence-corrected chi connectivity index (χ3v) is 4.70. The molecule has 0 atom stereocenters. The Hall–Kier alpha value is -2.14. The maximum atomic E-state index is 12.5. The fraction of sp³-hybridized carbons (Fsp3) is 0.353. The van der Waals surface area contributed by atoms with Crippen molar-refractivity contribution < 1.29 is 14.7 Å². The fourth-order valence-corrected chi connectivity index (χ4v) is 3.28. The van der Waals surface area contributed by atoms with Gasteiger partial charge in [0, 0.05) is 17.6 Å². The van der Waals surface area contributed by atoms with Gasteiger partial charge in [-0.1, -0.05) is 11.6 Å². The summed E-state index contributed by atoms with van der Waals surface area (Å²) < 4.78 is 0. The zero-order valence-corrected chi connectivity index (χ0v) is 13.2. The van der Waals surface area contributed by atoms with Crippen molar-refractivity contribution in [2.45, 2.75) is 31.7 Å². The largest absolute Gasteiger partial charge is 0.481 e. The molecule has 6 heteroatoms. The number of carboxylic acid groups (broad SMARTS) is 1. The summed E-state index contributed by atoms with van der Waals surface area (Å²) >= 11 is 6.14. The summed E-state index contributed by atoms with van der Waals surface area (Å²) in [4.78, 5) is 27.8. The number of nitrogens with one attached hydrogen (secondary N) is 1. The Balaban J connectivity index is 1.75. The minimum atomic E-state index is -0.748. The van der Waals surface area contributed by atoms with Crippen LogP contribution in [0.5, 0.6) is 0 Å². The first-order valence-corrected chi connectivity index (χ1v) is 8.01. The molecule has 1 saturated carbocycles. The Morgan fingerprint density at radius 2 is 1.91 bits per heavy atom. The predicted octanol–water partition coefficient (Wildman–Crippen LogP) is 3.26. The van der Waals surface area contributed by atoms with Crippen LogP contribution in [0, 0.1) is 5.92 Å². The second-order valence-corrected chi connectivity index (χ2v) is 6.26. The van der Waals surface area contributed by atoms with Gasteiger partial charge in [0.2, 0.25) is 0 Å². The molecule has 23 heavy (non-hydrogen) atoms. The molecule has 1 aromatic heterocycles. The molecule has 1 amide bonds. The third-order valence-electron chi connectivity index (χ3n) is 4.37. The van der Waals surface area contributed by atoms with E-state index >= 15 is 0 Å². The number of rotatable bonds is 3. The lowest BCUT2D eigenvalue weighted by molar-refractivity contribution is -0.142. The van der Waals surface area contributed by atoms with E-state index in [-0.39, 0.29) is 17.9 Å². The SMILES string of the molecule is O=C(NC1CCC(C(=O)O)CC1)c1ccc(Cl)c2cccnc12. The number of carboxylic acids is 1. The van der Waals surface area contributed by atoms with E-state index in [1.54, 1.807) is 24.4 Å². The number of aliphatic carboxylic acids is 1. The van der Waals surface area contributed by atoms with Crippen LogP contribution in [0.3, 0.4) is 0 Å². The Bertz CT molecular complexity index is 755. The molecule has 0 radical (unpaired) electrons. The van der Waals surface area contributed by atoms with Crippen LogP contribution in [-0.4, -0.2) is 28.0 Å². The van der Waals surface area contributed by atoms with Gasteiger partial charge in [0.05, 0.1) is 22.0 Å². The molecular weight excluding hydrogens is 316 g/mol. The van der Waals surface area contributed by atoms with Crippen molar-refractivity contribution in [2.75, 3.05) is 0 Å². The zero-order valence-electron chi connectivity index (χ0n) is 12.5. The molecule has 2 N–H and O–H groups in total. The number of carbonyl (C=O) groups is 2. The number of hydrogen-bond donors (Lipinski definition) is 2. The highest BCUT2D eigenvalue weighted by Crippen LogP contribution is 2.27. The van der Waals surface area contributed by atoms with Gasteiger partial charge in [-0.05, 0) is 49.9 Å². The molecule has 2 aromatic rings. The van der Waals surface area contributed by atoms with Gasteiger partial charge in [-0.2, -0.15) is 0 Å². The van der Waals surface area contributed by atoms with E-state index in [4.69, 9.17) is 16.7 Å². The van der Waals surface area contributed by atoms with Crippen LogP contribution in [-0.2, 0) is 4.79 Å². The Labute approximate surface area is 138 Å². The highest BCUT2D eigenvalue weighted by atomic mass is 35.5. The number of carbonyl (C=O) groups excluding carboxylic acids is 1. The van der Waals surface area contributed by atoms with Crippen molar-refractivity contribution >= 4 is 34.4 Å². The number of nitrogens with zero attached hydrogens (tertiary/aromatic N) is 1. The highest BCUT2D eigenvalue weighted by molar-refractivity contribution is 6.36. The molecular formula is C17H17ClN2O3. The molecule has 0 aliphatic heterocycles. The number of hydrogen-bond acceptors (Lipinski definition) is 3. The monoisotopic (exact) mass is 332 g/mol. The minimum absolute atomic E-state index is 0.00698. The first-order chi connectivity index (χ1) is 11.1. The molecule has 0 bridgehead atoms. The lowest BCUT2D eigenvalue weighted by Crippen LogP contribution is -2.38. The van der Waals surface area contributed by atoms with E-state index < -0.39 is 5.97 Å². The smallest absolute Gasteiger partial charge is 0.306 e. The van der Waals surface area contributed by atoms with Crippen LogP contribution < -0.4 is 5.32 Å². The second-order valence-electron chi connectivity index (χ2n) is 5.85. The van der Waals surface area contributed by atoms with Gasteiger partial charge in [-0.3, -0.25) is 14.6 Å². The van der Waals surface area contributed by atoms with Crippen molar-refractivity contribution in [1.82, 2.24) is 10.3 Å². The number of aromatic nitrogens is 1.